The number of nitrogens with one attached hydrogen (secondary N) is 2. The topological polar surface area (TPSA) is 83.1 Å². The zero-order chi connectivity index (χ0) is 20.5. The van der Waals surface area contributed by atoms with Gasteiger partial charge in [-0.15, -0.1) is 0 Å². The highest BCUT2D eigenvalue weighted by atomic mass is 16.5. The number of nitrogens with zero attached hydrogens (tertiary/aromatic N) is 2. The van der Waals surface area contributed by atoms with E-state index in [0.717, 1.165) is 29.7 Å². The van der Waals surface area contributed by atoms with Gasteiger partial charge < -0.3 is 25.0 Å². The summed E-state index contributed by atoms with van der Waals surface area (Å²) in [4.78, 5) is 28.2. The molecule has 8 heteroatoms. The number of hydrogen-bond acceptors (Lipinski definition) is 5. The zero-order valence-electron chi connectivity index (χ0n) is 16.5. The van der Waals surface area contributed by atoms with Crippen LogP contribution in [0.5, 0.6) is 5.75 Å². The minimum atomic E-state index is -0.271. The molecule has 3 amide bonds. The smallest absolute Gasteiger partial charge is 0.326 e. The van der Waals surface area contributed by atoms with Crippen LogP contribution < -0.4 is 15.4 Å². The van der Waals surface area contributed by atoms with Crippen molar-refractivity contribution in [3.05, 3.63) is 60.1 Å². The van der Waals surface area contributed by atoms with Crippen LogP contribution in [0.4, 0.5) is 10.5 Å². The van der Waals surface area contributed by atoms with E-state index in [4.69, 9.17) is 9.47 Å². The molecule has 0 saturated carbocycles. The molecule has 0 spiro atoms. The van der Waals surface area contributed by atoms with Gasteiger partial charge in [0.15, 0.2) is 0 Å². The third-order valence-electron chi connectivity index (χ3n) is 5.66. The summed E-state index contributed by atoms with van der Waals surface area (Å²) >= 11 is 0. The lowest BCUT2D eigenvalue weighted by atomic mass is 10.1. The number of carbonyl (C=O) groups excluding carboxylic acids is 2. The van der Waals surface area contributed by atoms with Crippen molar-refractivity contribution in [1.29, 1.82) is 0 Å². The van der Waals surface area contributed by atoms with Crippen molar-refractivity contribution in [2.45, 2.75) is 25.0 Å². The Kier molecular flexibility index (Phi) is 4.92. The molecule has 5 rings (SSSR count). The van der Waals surface area contributed by atoms with Gasteiger partial charge in [-0.1, -0.05) is 0 Å². The third kappa shape index (κ3) is 3.78. The van der Waals surface area contributed by atoms with E-state index >= 15 is 0 Å². The average molecular weight is 408 g/mol. The van der Waals surface area contributed by atoms with Gasteiger partial charge >= 0.3 is 6.03 Å². The van der Waals surface area contributed by atoms with Gasteiger partial charge in [-0.3, -0.25) is 9.69 Å². The molecule has 1 unspecified atom stereocenters. The van der Waals surface area contributed by atoms with Gasteiger partial charge in [0.25, 0.3) is 5.91 Å². The Morgan fingerprint density at radius 1 is 1.20 bits per heavy atom. The van der Waals surface area contributed by atoms with Crippen molar-refractivity contribution in [3.63, 3.8) is 0 Å². The number of allylic oxidation sites excluding steroid dienone is 1. The van der Waals surface area contributed by atoms with E-state index in [1.54, 1.807) is 9.80 Å². The highest BCUT2D eigenvalue weighted by Gasteiger charge is 2.37. The van der Waals surface area contributed by atoms with Gasteiger partial charge in [0.05, 0.1) is 19.6 Å². The number of anilines is 1. The predicted octanol–water partition coefficient (Wildman–Crippen LogP) is 2.19. The van der Waals surface area contributed by atoms with Gasteiger partial charge in [0.1, 0.15) is 18.0 Å². The molecule has 4 aliphatic heterocycles. The average Bonchev–Trinajstić information content (AvgIpc) is 3.41. The van der Waals surface area contributed by atoms with Crippen LogP contribution in [-0.4, -0.2) is 60.2 Å². The number of amides is 3. The second-order valence-corrected chi connectivity index (χ2v) is 7.82. The van der Waals surface area contributed by atoms with Gasteiger partial charge in [-0.2, -0.15) is 0 Å². The first-order valence-corrected chi connectivity index (χ1v) is 10.2. The number of benzene rings is 1. The van der Waals surface area contributed by atoms with Crippen LogP contribution in [-0.2, 0) is 9.53 Å². The molecular weight excluding hydrogens is 384 g/mol. The maximum atomic E-state index is 12.5. The summed E-state index contributed by atoms with van der Waals surface area (Å²) in [5.41, 5.74) is 2.83. The summed E-state index contributed by atoms with van der Waals surface area (Å²) in [7, 11) is 0. The molecule has 8 nitrogen and oxygen atoms in total. The first-order chi connectivity index (χ1) is 14.7. The SMILES string of the molecule is O=C(Nc1ccc(OC2CN(C(=O)C3CCCO3)C2)cc1)N1C=C2C=CNC=C2C1. The Labute approximate surface area is 174 Å². The molecule has 1 aromatic carbocycles. The van der Waals surface area contributed by atoms with Crippen LogP contribution in [0.3, 0.4) is 0 Å². The lowest BCUT2D eigenvalue weighted by molar-refractivity contribution is -0.149. The van der Waals surface area contributed by atoms with Crippen molar-refractivity contribution in [2.75, 3.05) is 31.6 Å². The molecule has 0 bridgehead atoms. The fourth-order valence-corrected chi connectivity index (χ4v) is 3.94. The lowest BCUT2D eigenvalue weighted by Crippen LogP contribution is -2.58. The van der Waals surface area contributed by atoms with Gasteiger partial charge in [-0.05, 0) is 54.3 Å². The molecule has 0 aromatic heterocycles. The Morgan fingerprint density at radius 3 is 2.77 bits per heavy atom. The van der Waals surface area contributed by atoms with Crippen molar-refractivity contribution in [1.82, 2.24) is 15.1 Å². The Balaban J connectivity index is 1.10. The first-order valence-electron chi connectivity index (χ1n) is 10.2. The van der Waals surface area contributed by atoms with Crippen molar-refractivity contribution >= 4 is 17.6 Å². The molecule has 2 N–H and O–H groups in total. The van der Waals surface area contributed by atoms with Crippen LogP contribution >= 0.6 is 0 Å². The first kappa shape index (κ1) is 18.7. The summed E-state index contributed by atoms with van der Waals surface area (Å²) in [5, 5.41) is 5.94. The van der Waals surface area contributed by atoms with E-state index in [1.165, 1.54) is 0 Å². The number of hydrogen-bond donors (Lipinski definition) is 2. The van der Waals surface area contributed by atoms with Crippen LogP contribution in [0.1, 0.15) is 12.8 Å². The molecule has 156 valence electrons. The van der Waals surface area contributed by atoms with E-state index < -0.39 is 0 Å². The highest BCUT2D eigenvalue weighted by Crippen LogP contribution is 2.25. The molecule has 2 fully saturated rings. The lowest BCUT2D eigenvalue weighted by Gasteiger charge is -2.40. The summed E-state index contributed by atoms with van der Waals surface area (Å²) < 4.78 is 11.4. The molecule has 4 aliphatic rings. The Morgan fingerprint density at radius 2 is 2.03 bits per heavy atom. The van der Waals surface area contributed by atoms with Crippen molar-refractivity contribution < 1.29 is 19.1 Å². The fourth-order valence-electron chi connectivity index (χ4n) is 3.94. The molecule has 0 aliphatic carbocycles. The number of ether oxygens (including phenoxy) is 2. The molecule has 1 atom stereocenters. The molecule has 2 saturated heterocycles. The Bertz CT molecular complexity index is 925. The van der Waals surface area contributed by atoms with Crippen molar-refractivity contribution in [2.24, 2.45) is 0 Å². The van der Waals surface area contributed by atoms with Gasteiger partial charge in [0.2, 0.25) is 0 Å². The number of fused-ring (bicyclic) bond motifs is 1. The van der Waals surface area contributed by atoms with Crippen LogP contribution in [0.2, 0.25) is 0 Å². The maximum Gasteiger partial charge on any atom is 0.326 e. The molecule has 30 heavy (non-hydrogen) atoms. The van der Waals surface area contributed by atoms with Crippen LogP contribution in [0.25, 0.3) is 0 Å². The molecule has 0 radical (unpaired) electrons. The largest absolute Gasteiger partial charge is 0.487 e. The van der Waals surface area contributed by atoms with Crippen molar-refractivity contribution in [3.8, 4) is 5.75 Å². The van der Waals surface area contributed by atoms with Crippen LogP contribution in [0.15, 0.2) is 60.1 Å². The van der Waals surface area contributed by atoms with E-state index in [1.807, 2.05) is 48.9 Å². The normalized spacial score (nSPS) is 22.6. The molecule has 1 aromatic rings. The van der Waals surface area contributed by atoms with Gasteiger partial charge in [-0.25, -0.2) is 4.79 Å². The zero-order valence-corrected chi connectivity index (χ0v) is 16.5. The summed E-state index contributed by atoms with van der Waals surface area (Å²) in [6.07, 6.45) is 9.03. The number of carbonyl (C=O) groups is 2. The van der Waals surface area contributed by atoms with E-state index in [-0.39, 0.29) is 24.1 Å². The molecular formula is C22H24N4O4. The number of rotatable bonds is 4. The highest BCUT2D eigenvalue weighted by molar-refractivity contribution is 5.91. The Hall–Kier alpha value is -3.26. The minimum absolute atomic E-state index is 0.00898. The second-order valence-electron chi connectivity index (χ2n) is 7.82. The van der Waals surface area contributed by atoms with Crippen LogP contribution in [0, 0.1) is 0 Å². The van der Waals surface area contributed by atoms with E-state index in [0.29, 0.717) is 31.9 Å². The quantitative estimate of drug-likeness (QED) is 0.798. The third-order valence-corrected chi connectivity index (χ3v) is 5.66. The second kappa shape index (κ2) is 7.87. The number of urea groups is 1. The summed E-state index contributed by atoms with van der Waals surface area (Å²) in [6.45, 7) is 2.39. The maximum absolute atomic E-state index is 12.5. The summed E-state index contributed by atoms with van der Waals surface area (Å²) in [5.74, 6) is 0.794. The standard InChI is InChI=1S/C22H24N4O4/c27-21(20-2-1-9-29-20)25-13-19(14-25)30-18-5-3-17(4-6-18)24-22(28)26-11-15-7-8-23-10-16(15)12-26/h3-8,10-11,19-20,23H,1-2,9,12-14H2,(H,24,28). The van der Waals surface area contributed by atoms with E-state index in [9.17, 15) is 9.59 Å². The monoisotopic (exact) mass is 408 g/mol. The molecule has 4 heterocycles. The summed E-state index contributed by atoms with van der Waals surface area (Å²) in [6, 6.07) is 7.12. The predicted molar refractivity (Wildman–Crippen MR) is 111 cm³/mol. The van der Waals surface area contributed by atoms with E-state index in [2.05, 4.69) is 10.6 Å². The fraction of sp³-hybridized carbons (Fsp3) is 0.364. The van der Waals surface area contributed by atoms with Gasteiger partial charge in [0, 0.05) is 30.9 Å². The minimum Gasteiger partial charge on any atom is -0.487 e. The number of dihydropyridines is 1. The number of likely N-dealkylation sites (tertiary alicyclic amines) is 1.